The molecule has 1 aromatic carbocycles. The van der Waals surface area contributed by atoms with E-state index in [0.29, 0.717) is 11.8 Å². The van der Waals surface area contributed by atoms with Crippen molar-refractivity contribution in [1.82, 2.24) is 10.1 Å². The van der Waals surface area contributed by atoms with Crippen LogP contribution in [0.25, 0.3) is 11.5 Å². The molecule has 1 saturated carbocycles. The molecule has 1 N–H and O–H groups in total. The van der Waals surface area contributed by atoms with Crippen LogP contribution in [0.4, 0.5) is 5.95 Å². The highest BCUT2D eigenvalue weighted by atomic mass is 16.5. The zero-order chi connectivity index (χ0) is 15.2. The van der Waals surface area contributed by atoms with Crippen LogP contribution in [0, 0.1) is 11.3 Å². The number of benzene rings is 1. The van der Waals surface area contributed by atoms with E-state index in [-0.39, 0.29) is 11.3 Å². The number of hydrogen-bond acceptors (Lipinski definition) is 5. The van der Waals surface area contributed by atoms with Crippen molar-refractivity contribution in [3.8, 4) is 11.5 Å². The summed E-state index contributed by atoms with van der Waals surface area (Å²) in [5.74, 6) is 0.311. The first-order valence-corrected chi connectivity index (χ1v) is 7.55. The highest BCUT2D eigenvalue weighted by Crippen LogP contribution is 2.59. The predicted molar refractivity (Wildman–Crippen MR) is 79.4 cm³/mol. The van der Waals surface area contributed by atoms with Crippen molar-refractivity contribution < 1.29 is 14.4 Å². The van der Waals surface area contributed by atoms with Gasteiger partial charge >= 0.3 is 5.97 Å². The van der Waals surface area contributed by atoms with Gasteiger partial charge in [0.2, 0.25) is 0 Å². The van der Waals surface area contributed by atoms with Crippen LogP contribution in [0.3, 0.4) is 0 Å². The van der Waals surface area contributed by atoms with Crippen molar-refractivity contribution in [1.29, 1.82) is 0 Å². The van der Waals surface area contributed by atoms with Crippen LogP contribution < -0.4 is 4.90 Å². The number of rotatable bonds is 3. The molecule has 0 amide bonds. The molecular formula is C16H17N3O3. The number of aromatic nitrogens is 2. The molecule has 1 aliphatic heterocycles. The number of carboxylic acids is 1. The normalized spacial score (nSPS) is 22.7. The molecule has 1 unspecified atom stereocenters. The molecule has 0 bridgehead atoms. The van der Waals surface area contributed by atoms with Gasteiger partial charge in [0.15, 0.2) is 0 Å². The summed E-state index contributed by atoms with van der Waals surface area (Å²) in [6, 6.07) is 9.68. The maximum atomic E-state index is 11.1. The fourth-order valence-corrected chi connectivity index (χ4v) is 3.44. The lowest BCUT2D eigenvalue weighted by molar-refractivity contribution is -0.139. The molecule has 2 fully saturated rings. The maximum Gasteiger partial charge on any atom is 0.307 e. The van der Waals surface area contributed by atoms with Crippen LogP contribution in [0.5, 0.6) is 0 Å². The van der Waals surface area contributed by atoms with E-state index in [0.717, 1.165) is 37.9 Å². The molecule has 1 spiro atoms. The van der Waals surface area contributed by atoms with E-state index >= 15 is 0 Å². The van der Waals surface area contributed by atoms with E-state index in [4.69, 9.17) is 9.63 Å². The van der Waals surface area contributed by atoms with Crippen molar-refractivity contribution in [2.24, 2.45) is 11.3 Å². The summed E-state index contributed by atoms with van der Waals surface area (Å²) < 4.78 is 5.33. The Kier molecular flexibility index (Phi) is 2.92. The molecule has 0 radical (unpaired) electrons. The molecule has 2 aliphatic rings. The molecule has 2 heterocycles. The minimum Gasteiger partial charge on any atom is -0.481 e. The molecular weight excluding hydrogens is 282 g/mol. The standard InChI is InChI=1S/C16H17N3O3/c20-14(21)12-10-16(12)6-8-19(9-7-16)15-17-13(22-18-15)11-4-2-1-3-5-11/h1-5,12H,6-10H2,(H,20,21). The second-order valence-electron chi connectivity index (χ2n) is 6.21. The van der Waals surface area contributed by atoms with E-state index in [1.165, 1.54) is 0 Å². The van der Waals surface area contributed by atoms with Gasteiger partial charge < -0.3 is 14.5 Å². The van der Waals surface area contributed by atoms with Gasteiger partial charge in [-0.3, -0.25) is 4.79 Å². The van der Waals surface area contributed by atoms with Crippen LogP contribution in [0.2, 0.25) is 0 Å². The lowest BCUT2D eigenvalue weighted by atomic mass is 9.91. The Bertz CT molecular complexity index is 690. The van der Waals surface area contributed by atoms with Gasteiger partial charge in [0, 0.05) is 18.7 Å². The van der Waals surface area contributed by atoms with Gasteiger partial charge in [-0.15, -0.1) is 0 Å². The first kappa shape index (κ1) is 13.3. The summed E-state index contributed by atoms with van der Waals surface area (Å²) in [6.07, 6.45) is 2.59. The second kappa shape index (κ2) is 4.83. The number of aliphatic carboxylic acids is 1. The smallest absolute Gasteiger partial charge is 0.307 e. The topological polar surface area (TPSA) is 79.5 Å². The van der Waals surface area contributed by atoms with Gasteiger partial charge in [0.05, 0.1) is 5.92 Å². The fourth-order valence-electron chi connectivity index (χ4n) is 3.44. The third-order valence-electron chi connectivity index (χ3n) is 4.97. The Morgan fingerprint density at radius 3 is 2.64 bits per heavy atom. The molecule has 6 heteroatoms. The van der Waals surface area contributed by atoms with E-state index in [1.807, 2.05) is 30.3 Å². The molecule has 2 aromatic rings. The monoisotopic (exact) mass is 299 g/mol. The molecule has 6 nitrogen and oxygen atoms in total. The van der Waals surface area contributed by atoms with Crippen molar-refractivity contribution in [3.05, 3.63) is 30.3 Å². The highest BCUT2D eigenvalue weighted by molar-refractivity contribution is 5.75. The summed E-state index contributed by atoms with van der Waals surface area (Å²) >= 11 is 0. The summed E-state index contributed by atoms with van der Waals surface area (Å²) in [7, 11) is 0. The van der Waals surface area contributed by atoms with Crippen LogP contribution >= 0.6 is 0 Å². The molecule has 4 rings (SSSR count). The van der Waals surface area contributed by atoms with E-state index in [2.05, 4.69) is 15.0 Å². The van der Waals surface area contributed by atoms with Crippen LogP contribution in [-0.2, 0) is 4.79 Å². The molecule has 1 aliphatic carbocycles. The second-order valence-corrected chi connectivity index (χ2v) is 6.21. The quantitative estimate of drug-likeness (QED) is 0.937. The predicted octanol–water partition coefficient (Wildman–Crippen LogP) is 2.43. The third-order valence-corrected chi connectivity index (χ3v) is 4.97. The van der Waals surface area contributed by atoms with Crippen molar-refractivity contribution in [2.75, 3.05) is 18.0 Å². The average molecular weight is 299 g/mol. The average Bonchev–Trinajstić information content (AvgIpc) is 3.03. The van der Waals surface area contributed by atoms with E-state index < -0.39 is 5.97 Å². The Balaban J connectivity index is 1.45. The lowest BCUT2D eigenvalue weighted by Crippen LogP contribution is -2.36. The Morgan fingerprint density at radius 2 is 2.00 bits per heavy atom. The molecule has 1 saturated heterocycles. The molecule has 22 heavy (non-hydrogen) atoms. The zero-order valence-corrected chi connectivity index (χ0v) is 12.1. The van der Waals surface area contributed by atoms with Gasteiger partial charge in [-0.2, -0.15) is 4.98 Å². The van der Waals surface area contributed by atoms with E-state index in [1.54, 1.807) is 0 Å². The number of carboxylic acid groups (broad SMARTS) is 1. The van der Waals surface area contributed by atoms with Gasteiger partial charge in [0.25, 0.3) is 11.8 Å². The largest absolute Gasteiger partial charge is 0.481 e. The van der Waals surface area contributed by atoms with Crippen LogP contribution in [0.15, 0.2) is 34.9 Å². The summed E-state index contributed by atoms with van der Waals surface area (Å²) in [4.78, 5) is 17.6. The number of carbonyl (C=O) groups is 1. The van der Waals surface area contributed by atoms with Gasteiger partial charge in [-0.05, 0) is 42.0 Å². The fraction of sp³-hybridized carbons (Fsp3) is 0.438. The number of anilines is 1. The molecule has 1 atom stereocenters. The first-order chi connectivity index (χ1) is 10.7. The summed E-state index contributed by atoms with van der Waals surface area (Å²) in [5, 5.41) is 13.2. The summed E-state index contributed by atoms with van der Waals surface area (Å²) in [6.45, 7) is 1.58. The minimum atomic E-state index is -0.653. The number of hydrogen-bond donors (Lipinski definition) is 1. The lowest BCUT2D eigenvalue weighted by Gasteiger charge is -2.31. The zero-order valence-electron chi connectivity index (χ0n) is 12.1. The van der Waals surface area contributed by atoms with Crippen molar-refractivity contribution in [3.63, 3.8) is 0 Å². The first-order valence-electron chi connectivity index (χ1n) is 7.55. The molecule has 1 aromatic heterocycles. The summed E-state index contributed by atoms with van der Waals surface area (Å²) in [5.41, 5.74) is 0.928. The molecule has 114 valence electrons. The van der Waals surface area contributed by atoms with Gasteiger partial charge in [-0.25, -0.2) is 0 Å². The number of piperidine rings is 1. The highest BCUT2D eigenvalue weighted by Gasteiger charge is 2.59. The maximum absolute atomic E-state index is 11.1. The van der Waals surface area contributed by atoms with E-state index in [9.17, 15) is 4.79 Å². The minimum absolute atomic E-state index is 0.0222. The van der Waals surface area contributed by atoms with Gasteiger partial charge in [0.1, 0.15) is 0 Å². The van der Waals surface area contributed by atoms with Crippen LogP contribution in [-0.4, -0.2) is 34.3 Å². The van der Waals surface area contributed by atoms with Gasteiger partial charge in [-0.1, -0.05) is 18.2 Å². The third kappa shape index (κ3) is 2.15. The SMILES string of the molecule is O=C(O)C1CC12CCN(c1noc(-c3ccccc3)n1)CC2. The Morgan fingerprint density at radius 1 is 1.27 bits per heavy atom. The van der Waals surface area contributed by atoms with Crippen molar-refractivity contribution in [2.45, 2.75) is 19.3 Å². The van der Waals surface area contributed by atoms with Crippen LogP contribution in [0.1, 0.15) is 19.3 Å². The van der Waals surface area contributed by atoms with Crippen molar-refractivity contribution >= 4 is 11.9 Å². The Labute approximate surface area is 127 Å². The number of nitrogens with zero attached hydrogens (tertiary/aromatic N) is 3. The Hall–Kier alpha value is -2.37.